The summed E-state index contributed by atoms with van der Waals surface area (Å²) in [6.07, 6.45) is -9.20. The molecule has 0 aliphatic carbocycles. The molecule has 25 heteroatoms. The van der Waals surface area contributed by atoms with Crippen LogP contribution in [0.1, 0.15) is 12.6 Å². The number of fused-ring (bicyclic) bond motifs is 1. The zero-order valence-electron chi connectivity index (χ0n) is 23.3. The zero-order valence-corrected chi connectivity index (χ0v) is 25.1. The molecule has 2 aromatic rings. The van der Waals surface area contributed by atoms with Gasteiger partial charge in [-0.1, -0.05) is 0 Å². The van der Waals surface area contributed by atoms with Gasteiger partial charge in [0.1, 0.15) is 48.5 Å². The van der Waals surface area contributed by atoms with E-state index >= 15 is 0 Å². The molecular formula is C21H31N7O16P2. The Labute approximate surface area is 257 Å². The third-order valence-electron chi connectivity index (χ3n) is 6.79. The molecule has 0 saturated carbocycles. The number of amides is 2. The highest BCUT2D eigenvalue weighted by molar-refractivity contribution is 7.61. The van der Waals surface area contributed by atoms with Gasteiger partial charge in [0.05, 0.1) is 19.5 Å². The van der Waals surface area contributed by atoms with Crippen molar-refractivity contribution >= 4 is 44.9 Å². The van der Waals surface area contributed by atoms with Crippen molar-refractivity contribution in [3.05, 3.63) is 24.5 Å². The standard InChI is InChI=1S/C21H31N7O16P2/c22-17-12-19(25-6-24-17)28(7-26-12)21-16(34)14(32)11(43-21)5-41-46(38,39)44-45(36,37)40-4-10-13(31)15(33)20(42-10)27(8-29)3-1-2-9(30)18(23)35/h2,6-8,10-11,13-16,20-21,30-34H,1,3-5H2,(H2,23,35)(H,36,37)(H,38,39)(H2,22,24,25)/b9-2-/t10-,11-,13-,14-,15-,16-,20-,21-/m1/s1. The third kappa shape index (κ3) is 8.04. The molecule has 10 atom stereocenters. The molecule has 2 aliphatic heterocycles. The molecule has 2 aromatic heterocycles. The first kappa shape index (κ1) is 35.7. The van der Waals surface area contributed by atoms with Gasteiger partial charge in [-0.3, -0.25) is 23.2 Å². The summed E-state index contributed by atoms with van der Waals surface area (Å²) < 4.78 is 50.4. The van der Waals surface area contributed by atoms with Crippen molar-refractivity contribution in [3.63, 3.8) is 0 Å². The lowest BCUT2D eigenvalue weighted by Gasteiger charge is -2.26. The van der Waals surface area contributed by atoms with E-state index in [-0.39, 0.29) is 36.4 Å². The predicted octanol–water partition coefficient (Wildman–Crippen LogP) is -3.50. The van der Waals surface area contributed by atoms with Crippen LogP contribution >= 0.6 is 15.6 Å². The number of ether oxygens (including phenoxy) is 2. The molecule has 4 heterocycles. The molecule has 2 aliphatic rings. The molecular weight excluding hydrogens is 668 g/mol. The molecule has 23 nitrogen and oxygen atoms in total. The normalized spacial score (nSPS) is 31.0. The van der Waals surface area contributed by atoms with E-state index in [0.717, 1.165) is 17.3 Å². The summed E-state index contributed by atoms with van der Waals surface area (Å²) in [4.78, 5) is 55.0. The fourth-order valence-electron chi connectivity index (χ4n) is 4.50. The molecule has 0 aromatic carbocycles. The van der Waals surface area contributed by atoms with Crippen LogP contribution in [0.15, 0.2) is 24.5 Å². The number of phosphoric ester groups is 2. The quantitative estimate of drug-likeness (QED) is 0.0377. The molecule has 2 fully saturated rings. The average Bonchev–Trinajstić information content (AvgIpc) is 3.63. The van der Waals surface area contributed by atoms with E-state index in [1.807, 2.05) is 0 Å². The lowest BCUT2D eigenvalue weighted by molar-refractivity contribution is -0.139. The number of anilines is 1. The van der Waals surface area contributed by atoms with Crippen LogP contribution < -0.4 is 11.5 Å². The summed E-state index contributed by atoms with van der Waals surface area (Å²) in [6, 6.07) is 0. The Balaban J connectivity index is 1.29. The van der Waals surface area contributed by atoms with Crippen molar-refractivity contribution < 1.29 is 76.9 Å². The molecule has 256 valence electrons. The lowest BCUT2D eigenvalue weighted by Crippen LogP contribution is -2.43. The number of carbonyl (C=O) groups excluding carboxylic acids is 2. The van der Waals surface area contributed by atoms with Crippen LogP contribution in [0.2, 0.25) is 0 Å². The van der Waals surface area contributed by atoms with Crippen molar-refractivity contribution in [1.82, 2.24) is 24.4 Å². The Morgan fingerprint density at radius 1 is 1.00 bits per heavy atom. The van der Waals surface area contributed by atoms with Gasteiger partial charge in [0.15, 0.2) is 29.7 Å². The second-order valence-electron chi connectivity index (χ2n) is 9.87. The van der Waals surface area contributed by atoms with Crippen molar-refractivity contribution in [3.8, 4) is 0 Å². The molecule has 2 saturated heterocycles. The molecule has 11 N–H and O–H groups in total. The Kier molecular flexibility index (Phi) is 11.1. The first-order valence-electron chi connectivity index (χ1n) is 13.1. The summed E-state index contributed by atoms with van der Waals surface area (Å²) in [5, 5.41) is 50.8. The second kappa shape index (κ2) is 14.3. The van der Waals surface area contributed by atoms with Gasteiger partial charge in [0.25, 0.3) is 5.91 Å². The van der Waals surface area contributed by atoms with Crippen molar-refractivity contribution in [1.29, 1.82) is 0 Å². The number of imidazole rings is 1. The summed E-state index contributed by atoms with van der Waals surface area (Å²) in [7, 11) is -10.9. The number of phosphoric acid groups is 2. The van der Waals surface area contributed by atoms with E-state index in [2.05, 4.69) is 28.3 Å². The predicted molar refractivity (Wildman–Crippen MR) is 146 cm³/mol. The molecule has 0 radical (unpaired) electrons. The monoisotopic (exact) mass is 699 g/mol. The maximum atomic E-state index is 12.4. The fraction of sp³-hybridized carbons (Fsp3) is 0.571. The topological polar surface area (TPSA) is 355 Å². The van der Waals surface area contributed by atoms with Gasteiger partial charge in [-0.25, -0.2) is 24.1 Å². The fourth-order valence-corrected chi connectivity index (χ4v) is 6.59. The SMILES string of the molecule is NC(=O)/C(O)=C/CCN(C=O)[C@@H]1O[C@H](COP(=O)(O)OP(=O)(O)OC[C@H]2O[C@@H](n3cnc4c(N)ncnc43)[C@H](O)[C@@H]2O)[C@@H](O)[C@H]1O. The number of nitrogens with zero attached hydrogens (tertiary/aromatic N) is 5. The van der Waals surface area contributed by atoms with Gasteiger partial charge in [-0.05, 0) is 12.5 Å². The number of nitrogen functional groups attached to an aromatic ring is 1. The highest BCUT2D eigenvalue weighted by Crippen LogP contribution is 2.60. The van der Waals surface area contributed by atoms with Crippen LogP contribution in [0, 0.1) is 0 Å². The third-order valence-corrected chi connectivity index (χ3v) is 9.39. The summed E-state index contributed by atoms with van der Waals surface area (Å²) in [6.45, 7) is -2.16. The Hall–Kier alpha value is -3.15. The van der Waals surface area contributed by atoms with Crippen LogP contribution in [0.5, 0.6) is 0 Å². The summed E-state index contributed by atoms with van der Waals surface area (Å²) >= 11 is 0. The Bertz CT molecular complexity index is 1540. The molecule has 4 rings (SSSR count). The summed E-state index contributed by atoms with van der Waals surface area (Å²) in [5.41, 5.74) is 10.9. The van der Waals surface area contributed by atoms with Crippen molar-refractivity contribution in [2.75, 3.05) is 25.5 Å². The Morgan fingerprint density at radius 2 is 1.61 bits per heavy atom. The van der Waals surface area contributed by atoms with Crippen molar-refractivity contribution in [2.45, 2.75) is 55.5 Å². The van der Waals surface area contributed by atoms with Crippen LogP contribution in [0.3, 0.4) is 0 Å². The lowest BCUT2D eigenvalue weighted by atomic mass is 10.1. The van der Waals surface area contributed by atoms with Gasteiger partial charge in [-0.15, -0.1) is 0 Å². The number of carbonyl (C=O) groups is 2. The van der Waals surface area contributed by atoms with Crippen molar-refractivity contribution in [2.24, 2.45) is 5.73 Å². The maximum Gasteiger partial charge on any atom is 0.481 e. The molecule has 46 heavy (non-hydrogen) atoms. The number of aromatic nitrogens is 4. The van der Waals surface area contributed by atoms with Crippen LogP contribution in [-0.4, -0.2) is 135 Å². The maximum absolute atomic E-state index is 12.4. The van der Waals surface area contributed by atoms with Gasteiger partial charge in [0, 0.05) is 6.54 Å². The molecule has 2 amide bonds. The van der Waals surface area contributed by atoms with Gasteiger partial charge >= 0.3 is 15.6 Å². The highest BCUT2D eigenvalue weighted by atomic mass is 31.3. The first-order valence-corrected chi connectivity index (χ1v) is 16.1. The molecule has 0 spiro atoms. The van der Waals surface area contributed by atoms with E-state index in [0.29, 0.717) is 0 Å². The number of aliphatic hydroxyl groups excluding tert-OH is 5. The van der Waals surface area contributed by atoms with Gasteiger partial charge in [-0.2, -0.15) is 4.31 Å². The zero-order chi connectivity index (χ0) is 34.0. The second-order valence-corrected chi connectivity index (χ2v) is 12.9. The number of hydrogen-bond donors (Lipinski definition) is 9. The summed E-state index contributed by atoms with van der Waals surface area (Å²) in [5.74, 6) is -1.85. The van der Waals surface area contributed by atoms with Crippen LogP contribution in [0.25, 0.3) is 11.2 Å². The van der Waals surface area contributed by atoms with Crippen LogP contribution in [-0.2, 0) is 41.6 Å². The number of hydrogen-bond acceptors (Lipinski definition) is 18. The first-order chi connectivity index (χ1) is 21.5. The van der Waals surface area contributed by atoms with E-state index < -0.39 is 89.6 Å². The minimum Gasteiger partial charge on any atom is -0.503 e. The van der Waals surface area contributed by atoms with E-state index in [4.69, 9.17) is 20.9 Å². The Morgan fingerprint density at radius 3 is 2.22 bits per heavy atom. The van der Waals surface area contributed by atoms with Crippen LogP contribution in [0.4, 0.5) is 5.82 Å². The smallest absolute Gasteiger partial charge is 0.481 e. The van der Waals surface area contributed by atoms with E-state index in [1.54, 1.807) is 0 Å². The molecule has 2 unspecified atom stereocenters. The number of aliphatic hydroxyl groups is 5. The van der Waals surface area contributed by atoms with Gasteiger partial charge in [0.2, 0.25) is 6.41 Å². The largest absolute Gasteiger partial charge is 0.503 e. The minimum absolute atomic E-state index is 0.0342. The number of rotatable bonds is 15. The number of nitrogens with two attached hydrogens (primary N) is 2. The number of primary amides is 1. The minimum atomic E-state index is -5.44. The van der Waals surface area contributed by atoms with E-state index in [1.165, 1.54) is 10.9 Å². The van der Waals surface area contributed by atoms with Gasteiger partial charge < -0.3 is 61.2 Å². The highest BCUT2D eigenvalue weighted by Gasteiger charge is 2.48. The molecule has 0 bridgehead atoms. The van der Waals surface area contributed by atoms with E-state index in [9.17, 15) is 54.0 Å². The average molecular weight is 699 g/mol.